The first kappa shape index (κ1) is 55.5. The van der Waals surface area contributed by atoms with Gasteiger partial charge in [-0.2, -0.15) is 0 Å². The van der Waals surface area contributed by atoms with E-state index < -0.39 is 26.5 Å². The van der Waals surface area contributed by atoms with Gasteiger partial charge >= 0.3 is 19.8 Å². The van der Waals surface area contributed by atoms with E-state index in [0.29, 0.717) is 6.42 Å². The van der Waals surface area contributed by atoms with Crippen LogP contribution < -0.4 is 5.73 Å². The van der Waals surface area contributed by atoms with Crippen molar-refractivity contribution in [1.82, 2.24) is 0 Å². The van der Waals surface area contributed by atoms with Crippen LogP contribution in [-0.4, -0.2) is 49.3 Å². The lowest BCUT2D eigenvalue weighted by Gasteiger charge is -2.19. The van der Waals surface area contributed by atoms with Crippen molar-refractivity contribution >= 4 is 19.8 Å². The van der Waals surface area contributed by atoms with Gasteiger partial charge in [-0.3, -0.25) is 18.6 Å². The van der Waals surface area contributed by atoms with E-state index in [1.165, 1.54) is 161 Å². The number of hydrogen-bond acceptors (Lipinski definition) is 8. The lowest BCUT2D eigenvalue weighted by molar-refractivity contribution is -0.161. The number of carbonyl (C=O) groups excluding carboxylic acids is 2. The average Bonchev–Trinajstić information content (AvgIpc) is 3.20. The fourth-order valence-corrected chi connectivity index (χ4v) is 7.55. The summed E-state index contributed by atoms with van der Waals surface area (Å²) in [6.45, 7) is 3.72. The Bertz CT molecular complexity index is 990. The predicted octanol–water partition coefficient (Wildman–Crippen LogP) is 13.9. The lowest BCUT2D eigenvalue weighted by atomic mass is 10.0. The Kier molecular flexibility index (Phi) is 42.9. The number of esters is 2. The molecule has 0 heterocycles. The van der Waals surface area contributed by atoms with Gasteiger partial charge in [0.25, 0.3) is 0 Å². The highest BCUT2D eigenvalue weighted by molar-refractivity contribution is 7.47. The van der Waals surface area contributed by atoms with Gasteiger partial charge in [-0.15, -0.1) is 0 Å². The molecule has 0 radical (unpaired) electrons. The van der Waals surface area contributed by atoms with Crippen LogP contribution in [0.5, 0.6) is 0 Å². The van der Waals surface area contributed by atoms with Gasteiger partial charge in [-0.1, -0.05) is 199 Å². The summed E-state index contributed by atoms with van der Waals surface area (Å²) in [7, 11) is -4.37. The zero-order chi connectivity index (χ0) is 41.8. The molecule has 10 heteroatoms. The Morgan fingerprint density at radius 1 is 0.526 bits per heavy atom. The van der Waals surface area contributed by atoms with Crippen molar-refractivity contribution in [2.24, 2.45) is 5.73 Å². The number of carbonyl (C=O) groups is 2. The first-order valence-electron chi connectivity index (χ1n) is 23.8. The number of phosphoric ester groups is 1. The number of ether oxygens (including phenoxy) is 2. The highest BCUT2D eigenvalue weighted by atomic mass is 31.2. The van der Waals surface area contributed by atoms with Crippen LogP contribution in [0.4, 0.5) is 0 Å². The average molecular weight is 828 g/mol. The van der Waals surface area contributed by atoms with Gasteiger partial charge in [0.1, 0.15) is 6.61 Å². The van der Waals surface area contributed by atoms with Crippen molar-refractivity contribution in [1.29, 1.82) is 0 Å². The maximum Gasteiger partial charge on any atom is 0.472 e. The van der Waals surface area contributed by atoms with Crippen LogP contribution >= 0.6 is 7.82 Å². The summed E-state index contributed by atoms with van der Waals surface area (Å²) >= 11 is 0. The minimum Gasteiger partial charge on any atom is -0.462 e. The largest absolute Gasteiger partial charge is 0.472 e. The Morgan fingerprint density at radius 2 is 0.912 bits per heavy atom. The molecule has 0 fully saturated rings. The molecule has 0 bridgehead atoms. The molecule has 2 atom stereocenters. The highest BCUT2D eigenvalue weighted by Crippen LogP contribution is 2.43. The number of phosphoric acid groups is 1. The van der Waals surface area contributed by atoms with E-state index in [0.717, 1.165) is 38.5 Å². The van der Waals surface area contributed by atoms with Crippen molar-refractivity contribution in [2.45, 2.75) is 238 Å². The second-order valence-electron chi connectivity index (χ2n) is 16.0. The van der Waals surface area contributed by atoms with E-state index >= 15 is 0 Å². The van der Waals surface area contributed by atoms with Crippen molar-refractivity contribution < 1.29 is 37.6 Å². The summed E-state index contributed by atoms with van der Waals surface area (Å²) in [5.74, 6) is -0.822. The fourth-order valence-electron chi connectivity index (χ4n) is 6.78. The molecular weight excluding hydrogens is 737 g/mol. The third-order valence-corrected chi connectivity index (χ3v) is 11.3. The Balaban J connectivity index is 3.91. The maximum absolute atomic E-state index is 12.6. The summed E-state index contributed by atoms with van der Waals surface area (Å²) in [5, 5.41) is 0. The monoisotopic (exact) mass is 828 g/mol. The van der Waals surface area contributed by atoms with Crippen LogP contribution in [0.1, 0.15) is 232 Å². The minimum atomic E-state index is -4.37. The van der Waals surface area contributed by atoms with Gasteiger partial charge in [-0.25, -0.2) is 4.57 Å². The van der Waals surface area contributed by atoms with E-state index in [-0.39, 0.29) is 38.6 Å². The maximum atomic E-state index is 12.6. The molecule has 0 saturated carbocycles. The zero-order valence-electron chi connectivity index (χ0n) is 37.1. The van der Waals surface area contributed by atoms with Crippen LogP contribution in [0, 0.1) is 0 Å². The fraction of sp³-hybridized carbons (Fsp3) is 0.872. The van der Waals surface area contributed by atoms with Gasteiger partial charge in [0.15, 0.2) is 6.10 Å². The summed E-state index contributed by atoms with van der Waals surface area (Å²) in [6.07, 6.45) is 48.1. The van der Waals surface area contributed by atoms with Crippen molar-refractivity contribution in [3.8, 4) is 0 Å². The Hall–Kier alpha value is -1.51. The smallest absolute Gasteiger partial charge is 0.462 e. The normalized spacial score (nSPS) is 13.4. The zero-order valence-corrected chi connectivity index (χ0v) is 38.0. The van der Waals surface area contributed by atoms with Crippen LogP contribution in [0.25, 0.3) is 0 Å². The van der Waals surface area contributed by atoms with Crippen molar-refractivity contribution in [2.75, 3.05) is 26.4 Å². The molecule has 3 N–H and O–H groups in total. The first-order valence-corrected chi connectivity index (χ1v) is 25.3. The Morgan fingerprint density at radius 3 is 1.33 bits per heavy atom. The number of rotatable bonds is 45. The second kappa shape index (κ2) is 44.1. The first-order chi connectivity index (χ1) is 27.8. The molecule has 0 aromatic heterocycles. The van der Waals surface area contributed by atoms with Gasteiger partial charge in [0.2, 0.25) is 0 Å². The van der Waals surface area contributed by atoms with Crippen molar-refractivity contribution in [3.05, 3.63) is 24.3 Å². The third-order valence-electron chi connectivity index (χ3n) is 10.3. The topological polar surface area (TPSA) is 134 Å². The van der Waals surface area contributed by atoms with Crippen LogP contribution in [0.3, 0.4) is 0 Å². The molecule has 0 aliphatic carbocycles. The summed E-state index contributed by atoms with van der Waals surface area (Å²) < 4.78 is 32.7. The molecule has 9 nitrogen and oxygen atoms in total. The number of nitrogens with two attached hydrogens (primary N) is 1. The van der Waals surface area contributed by atoms with E-state index in [4.69, 9.17) is 24.3 Å². The van der Waals surface area contributed by atoms with Crippen LogP contribution in [0.15, 0.2) is 24.3 Å². The quantitative estimate of drug-likeness (QED) is 0.0266. The molecule has 0 aromatic carbocycles. The van der Waals surface area contributed by atoms with E-state index in [2.05, 4.69) is 38.2 Å². The van der Waals surface area contributed by atoms with Gasteiger partial charge in [-0.05, 0) is 44.9 Å². The Labute approximate surface area is 351 Å². The van der Waals surface area contributed by atoms with E-state index in [1.807, 2.05) is 0 Å². The summed E-state index contributed by atoms with van der Waals surface area (Å²) in [6, 6.07) is 0. The number of unbranched alkanes of at least 4 members (excludes halogenated alkanes) is 28. The SMILES string of the molecule is CCCCCCC/C=C\C/C=C\CCCCCCCCCCCCCCCCCC(=O)OC(COC(=O)CCCCCCCCCCC)COP(=O)(O)OCCN. The minimum absolute atomic E-state index is 0.0556. The molecule has 0 spiro atoms. The molecule has 0 saturated heterocycles. The number of hydrogen-bond donors (Lipinski definition) is 2. The molecule has 57 heavy (non-hydrogen) atoms. The molecule has 336 valence electrons. The van der Waals surface area contributed by atoms with E-state index in [1.54, 1.807) is 0 Å². The third kappa shape index (κ3) is 43.9. The molecule has 0 aliphatic rings. The highest BCUT2D eigenvalue weighted by Gasteiger charge is 2.26. The summed E-state index contributed by atoms with van der Waals surface area (Å²) in [4.78, 5) is 34.8. The second-order valence-corrected chi connectivity index (χ2v) is 17.4. The molecule has 0 aliphatic heterocycles. The van der Waals surface area contributed by atoms with E-state index in [9.17, 15) is 19.0 Å². The molecule has 0 amide bonds. The summed E-state index contributed by atoms with van der Waals surface area (Å²) in [5.41, 5.74) is 5.35. The lowest BCUT2D eigenvalue weighted by Crippen LogP contribution is -2.29. The van der Waals surface area contributed by atoms with Gasteiger partial charge < -0.3 is 20.1 Å². The van der Waals surface area contributed by atoms with Crippen molar-refractivity contribution in [3.63, 3.8) is 0 Å². The number of allylic oxidation sites excluding steroid dienone is 4. The van der Waals surface area contributed by atoms with Crippen LogP contribution in [-0.2, 0) is 32.7 Å². The molecular formula is C47H90NO8P. The van der Waals surface area contributed by atoms with Crippen LogP contribution in [0.2, 0.25) is 0 Å². The standard InChI is InChI=1S/C47H90NO8P/c1-3-5-7-9-11-13-14-15-16-17-18-19-20-21-22-23-24-25-26-27-28-29-30-32-34-36-38-40-47(50)56-45(44-55-57(51,52)54-42-41-48)43-53-46(49)39-37-35-33-31-12-10-8-6-4-2/h14-15,17-18,45H,3-13,16,19-44,48H2,1-2H3,(H,51,52)/b15-14-,18-17-. The predicted molar refractivity (Wildman–Crippen MR) is 238 cm³/mol. The van der Waals surface area contributed by atoms with Gasteiger partial charge in [0.05, 0.1) is 13.2 Å². The van der Waals surface area contributed by atoms with Gasteiger partial charge in [0, 0.05) is 19.4 Å². The molecule has 0 rings (SSSR count). The molecule has 0 aromatic rings. The molecule has 2 unspecified atom stereocenters.